The molecule has 3 atom stereocenters. The van der Waals surface area contributed by atoms with Crippen molar-refractivity contribution in [1.82, 2.24) is 5.32 Å². The largest absolute Gasteiger partial charge is 0.491 e. The highest BCUT2D eigenvalue weighted by molar-refractivity contribution is 5.36. The van der Waals surface area contributed by atoms with Crippen LogP contribution in [0, 0.1) is 5.92 Å². The second-order valence-electron chi connectivity index (χ2n) is 5.97. The SMILES string of the molecule is COCCOc1ccccc1C1CCC2CCCC2N1. The quantitative estimate of drug-likeness (QED) is 0.836. The van der Waals surface area contributed by atoms with Crippen molar-refractivity contribution in [2.45, 2.75) is 44.2 Å². The van der Waals surface area contributed by atoms with E-state index in [0.717, 1.165) is 17.7 Å². The van der Waals surface area contributed by atoms with E-state index >= 15 is 0 Å². The van der Waals surface area contributed by atoms with Gasteiger partial charge in [-0.05, 0) is 37.7 Å². The number of para-hydroxylation sites is 1. The summed E-state index contributed by atoms with van der Waals surface area (Å²) in [6.45, 7) is 1.25. The maximum absolute atomic E-state index is 5.88. The zero-order valence-electron chi connectivity index (χ0n) is 12.3. The lowest BCUT2D eigenvalue weighted by molar-refractivity contribution is 0.144. The first-order valence-electron chi connectivity index (χ1n) is 7.85. The van der Waals surface area contributed by atoms with Crippen LogP contribution in [-0.2, 0) is 4.74 Å². The molecule has 3 unspecified atom stereocenters. The summed E-state index contributed by atoms with van der Waals surface area (Å²) in [5, 5.41) is 3.85. The molecule has 2 fully saturated rings. The number of rotatable bonds is 5. The zero-order chi connectivity index (χ0) is 13.8. The van der Waals surface area contributed by atoms with Crippen molar-refractivity contribution in [3.05, 3.63) is 29.8 Å². The third kappa shape index (κ3) is 2.99. The molecule has 0 spiro atoms. The molecule has 110 valence electrons. The molecule has 0 radical (unpaired) electrons. The van der Waals surface area contributed by atoms with Gasteiger partial charge in [0.05, 0.1) is 6.61 Å². The summed E-state index contributed by atoms with van der Waals surface area (Å²) in [6.07, 6.45) is 6.73. The maximum Gasteiger partial charge on any atom is 0.124 e. The van der Waals surface area contributed by atoms with E-state index in [1.165, 1.54) is 37.7 Å². The molecular weight excluding hydrogens is 250 g/mol. The number of ether oxygens (including phenoxy) is 2. The van der Waals surface area contributed by atoms with E-state index in [1.807, 2.05) is 6.07 Å². The molecule has 20 heavy (non-hydrogen) atoms. The summed E-state index contributed by atoms with van der Waals surface area (Å²) in [6, 6.07) is 9.62. The summed E-state index contributed by atoms with van der Waals surface area (Å²) in [5.74, 6) is 1.92. The zero-order valence-corrected chi connectivity index (χ0v) is 12.3. The molecule has 0 amide bonds. The number of methoxy groups -OCH3 is 1. The summed E-state index contributed by atoms with van der Waals surface area (Å²) < 4.78 is 10.9. The normalized spacial score (nSPS) is 29.1. The van der Waals surface area contributed by atoms with Crippen molar-refractivity contribution in [3.63, 3.8) is 0 Å². The Morgan fingerprint density at radius 2 is 2.00 bits per heavy atom. The van der Waals surface area contributed by atoms with Gasteiger partial charge in [-0.25, -0.2) is 0 Å². The Morgan fingerprint density at radius 1 is 1.10 bits per heavy atom. The Balaban J connectivity index is 1.69. The predicted octanol–water partition coefficient (Wildman–Crippen LogP) is 3.31. The van der Waals surface area contributed by atoms with E-state index in [1.54, 1.807) is 7.11 Å². The van der Waals surface area contributed by atoms with E-state index < -0.39 is 0 Å². The molecule has 1 saturated heterocycles. The fourth-order valence-electron chi connectivity index (χ4n) is 3.70. The topological polar surface area (TPSA) is 30.5 Å². The Labute approximate surface area is 121 Å². The molecule has 1 N–H and O–H groups in total. The Hall–Kier alpha value is -1.06. The lowest BCUT2D eigenvalue weighted by Gasteiger charge is -2.34. The molecule has 0 aromatic heterocycles. The number of piperidine rings is 1. The van der Waals surface area contributed by atoms with Gasteiger partial charge in [0, 0.05) is 24.8 Å². The van der Waals surface area contributed by atoms with Crippen molar-refractivity contribution in [3.8, 4) is 5.75 Å². The average Bonchev–Trinajstić information content (AvgIpc) is 2.95. The van der Waals surface area contributed by atoms with Gasteiger partial charge in [-0.15, -0.1) is 0 Å². The highest BCUT2D eigenvalue weighted by Gasteiger charge is 2.34. The number of benzene rings is 1. The first kappa shape index (κ1) is 13.9. The molecule has 0 bridgehead atoms. The van der Waals surface area contributed by atoms with Crippen molar-refractivity contribution < 1.29 is 9.47 Å². The molecule has 1 aromatic rings. The number of fused-ring (bicyclic) bond motifs is 1. The standard InChI is InChI=1S/C17H25NO2/c1-19-11-12-20-17-8-3-2-6-14(17)16-10-9-13-5-4-7-15(13)18-16/h2-3,6,8,13,15-16,18H,4-5,7,9-12H2,1H3. The van der Waals surface area contributed by atoms with E-state index in [-0.39, 0.29) is 0 Å². The van der Waals surface area contributed by atoms with Crippen LogP contribution in [0.1, 0.15) is 43.7 Å². The van der Waals surface area contributed by atoms with Crippen LogP contribution in [0.15, 0.2) is 24.3 Å². The van der Waals surface area contributed by atoms with Gasteiger partial charge in [-0.3, -0.25) is 0 Å². The number of hydrogen-bond donors (Lipinski definition) is 1. The van der Waals surface area contributed by atoms with Crippen LogP contribution in [0.5, 0.6) is 5.75 Å². The molecule has 3 rings (SSSR count). The van der Waals surface area contributed by atoms with Gasteiger partial charge in [0.25, 0.3) is 0 Å². The summed E-state index contributed by atoms with van der Waals surface area (Å²) in [5.41, 5.74) is 1.31. The summed E-state index contributed by atoms with van der Waals surface area (Å²) >= 11 is 0. The average molecular weight is 275 g/mol. The first-order chi connectivity index (χ1) is 9.88. The smallest absolute Gasteiger partial charge is 0.124 e. The highest BCUT2D eigenvalue weighted by atomic mass is 16.5. The predicted molar refractivity (Wildman–Crippen MR) is 80.1 cm³/mol. The molecule has 3 nitrogen and oxygen atoms in total. The first-order valence-corrected chi connectivity index (χ1v) is 7.85. The molecule has 1 heterocycles. The fraction of sp³-hybridized carbons (Fsp3) is 0.647. The van der Waals surface area contributed by atoms with Gasteiger partial charge in [-0.1, -0.05) is 24.6 Å². The molecular formula is C17H25NO2. The van der Waals surface area contributed by atoms with Crippen LogP contribution in [0.2, 0.25) is 0 Å². The third-order valence-corrected chi connectivity index (χ3v) is 4.74. The van der Waals surface area contributed by atoms with Crippen molar-refractivity contribution in [1.29, 1.82) is 0 Å². The molecule has 1 aromatic carbocycles. The van der Waals surface area contributed by atoms with Gasteiger partial charge >= 0.3 is 0 Å². The highest BCUT2D eigenvalue weighted by Crippen LogP contribution is 2.39. The second-order valence-corrected chi connectivity index (χ2v) is 5.97. The van der Waals surface area contributed by atoms with E-state index in [0.29, 0.717) is 19.3 Å². The van der Waals surface area contributed by atoms with Crippen LogP contribution in [0.3, 0.4) is 0 Å². The van der Waals surface area contributed by atoms with Crippen LogP contribution in [-0.4, -0.2) is 26.4 Å². The van der Waals surface area contributed by atoms with E-state index in [9.17, 15) is 0 Å². The van der Waals surface area contributed by atoms with Crippen LogP contribution in [0.4, 0.5) is 0 Å². The van der Waals surface area contributed by atoms with Gasteiger partial charge in [0.2, 0.25) is 0 Å². The Kier molecular flexibility index (Phi) is 4.58. The Bertz CT molecular complexity index is 435. The molecule has 3 heteroatoms. The molecule has 1 aliphatic heterocycles. The van der Waals surface area contributed by atoms with Gasteiger partial charge in [0.15, 0.2) is 0 Å². The second kappa shape index (κ2) is 6.59. The molecule has 1 saturated carbocycles. The van der Waals surface area contributed by atoms with E-state index in [2.05, 4.69) is 23.5 Å². The van der Waals surface area contributed by atoms with Crippen molar-refractivity contribution in [2.24, 2.45) is 5.92 Å². The minimum Gasteiger partial charge on any atom is -0.491 e. The monoisotopic (exact) mass is 275 g/mol. The van der Waals surface area contributed by atoms with Crippen LogP contribution < -0.4 is 10.1 Å². The van der Waals surface area contributed by atoms with Gasteiger partial charge in [-0.2, -0.15) is 0 Å². The minimum absolute atomic E-state index is 0.452. The molecule has 2 aliphatic rings. The lowest BCUT2D eigenvalue weighted by atomic mass is 9.87. The van der Waals surface area contributed by atoms with Crippen molar-refractivity contribution >= 4 is 0 Å². The fourth-order valence-corrected chi connectivity index (χ4v) is 3.70. The van der Waals surface area contributed by atoms with Crippen LogP contribution >= 0.6 is 0 Å². The van der Waals surface area contributed by atoms with E-state index in [4.69, 9.17) is 9.47 Å². The number of hydrogen-bond acceptors (Lipinski definition) is 3. The van der Waals surface area contributed by atoms with Gasteiger partial charge in [0.1, 0.15) is 12.4 Å². The summed E-state index contributed by atoms with van der Waals surface area (Å²) in [7, 11) is 1.71. The minimum atomic E-state index is 0.452. The van der Waals surface area contributed by atoms with Gasteiger partial charge < -0.3 is 14.8 Å². The van der Waals surface area contributed by atoms with Crippen molar-refractivity contribution in [2.75, 3.05) is 20.3 Å². The van der Waals surface area contributed by atoms with Crippen LogP contribution in [0.25, 0.3) is 0 Å². The number of nitrogens with one attached hydrogen (secondary N) is 1. The Morgan fingerprint density at radius 3 is 2.90 bits per heavy atom. The molecule has 1 aliphatic carbocycles. The third-order valence-electron chi connectivity index (χ3n) is 4.74. The lowest BCUT2D eigenvalue weighted by Crippen LogP contribution is -2.40. The summed E-state index contributed by atoms with van der Waals surface area (Å²) in [4.78, 5) is 0. The maximum atomic E-state index is 5.88.